The van der Waals surface area contributed by atoms with Crippen molar-refractivity contribution in [3.05, 3.63) is 66.7 Å². The van der Waals surface area contributed by atoms with Crippen LogP contribution in [-0.4, -0.2) is 14.2 Å². The first-order valence-electron chi connectivity index (χ1n) is 6.81. The van der Waals surface area contributed by atoms with Gasteiger partial charge in [-0.2, -0.15) is 0 Å². The molecule has 1 aromatic heterocycles. The Kier molecular flexibility index (Phi) is 3.93. The van der Waals surface area contributed by atoms with Gasteiger partial charge in [-0.25, -0.2) is 0 Å². The van der Waals surface area contributed by atoms with E-state index in [2.05, 4.69) is 66.5 Å². The van der Waals surface area contributed by atoms with Crippen LogP contribution in [0.15, 0.2) is 66.7 Å². The molecule has 0 amide bonds. The molecule has 0 spiro atoms. The first kappa shape index (κ1) is 13.7. The second kappa shape index (κ2) is 6.02. The Morgan fingerprint density at radius 1 is 0.810 bits per heavy atom. The molecule has 0 atom stereocenters. The van der Waals surface area contributed by atoms with Crippen LogP contribution in [0, 0.1) is 0 Å². The van der Waals surface area contributed by atoms with Crippen LogP contribution in [0.25, 0.3) is 10.4 Å². The van der Waals surface area contributed by atoms with Crippen LogP contribution >= 0.6 is 11.3 Å². The second-order valence-corrected chi connectivity index (χ2v) is 5.81. The standard InChI is InChI=1S/C18H17NOS/c1-19(15-6-4-3-5-7-15)16-10-8-14(9-11-16)17-12-13-18(20-2)21-17/h3-13H,1-2H3. The fourth-order valence-electron chi connectivity index (χ4n) is 2.23. The quantitative estimate of drug-likeness (QED) is 0.656. The van der Waals surface area contributed by atoms with Crippen molar-refractivity contribution in [3.8, 4) is 15.5 Å². The molecule has 3 heteroatoms. The molecule has 0 unspecified atom stereocenters. The molecule has 0 N–H and O–H groups in total. The maximum atomic E-state index is 5.25. The summed E-state index contributed by atoms with van der Waals surface area (Å²) in [4.78, 5) is 3.40. The monoisotopic (exact) mass is 295 g/mol. The van der Waals surface area contributed by atoms with Gasteiger partial charge in [-0.15, -0.1) is 0 Å². The number of nitrogens with zero attached hydrogens (tertiary/aromatic N) is 1. The van der Waals surface area contributed by atoms with Gasteiger partial charge in [-0.1, -0.05) is 41.7 Å². The smallest absolute Gasteiger partial charge is 0.173 e. The highest BCUT2D eigenvalue weighted by molar-refractivity contribution is 7.17. The van der Waals surface area contributed by atoms with E-state index in [1.54, 1.807) is 18.4 Å². The molecule has 2 aromatic carbocycles. The largest absolute Gasteiger partial charge is 0.487 e. The third-order valence-corrected chi connectivity index (χ3v) is 4.56. The Morgan fingerprint density at radius 2 is 1.48 bits per heavy atom. The zero-order chi connectivity index (χ0) is 14.7. The van der Waals surface area contributed by atoms with E-state index < -0.39 is 0 Å². The van der Waals surface area contributed by atoms with Crippen LogP contribution < -0.4 is 9.64 Å². The Hall–Kier alpha value is -2.26. The number of anilines is 2. The number of rotatable bonds is 4. The van der Waals surface area contributed by atoms with Crippen molar-refractivity contribution in [2.45, 2.75) is 0 Å². The van der Waals surface area contributed by atoms with E-state index in [-0.39, 0.29) is 0 Å². The SMILES string of the molecule is COc1ccc(-c2ccc(N(C)c3ccccc3)cc2)s1. The van der Waals surface area contributed by atoms with Gasteiger partial charge in [-0.3, -0.25) is 0 Å². The number of ether oxygens (including phenoxy) is 1. The predicted molar refractivity (Wildman–Crippen MR) is 90.8 cm³/mol. The summed E-state index contributed by atoms with van der Waals surface area (Å²) >= 11 is 1.66. The molecule has 0 aliphatic rings. The molecule has 3 rings (SSSR count). The minimum atomic E-state index is 0.940. The molecule has 0 saturated heterocycles. The topological polar surface area (TPSA) is 12.5 Å². The van der Waals surface area contributed by atoms with Crippen molar-refractivity contribution < 1.29 is 4.74 Å². The molecule has 3 aromatic rings. The Morgan fingerprint density at radius 3 is 2.10 bits per heavy atom. The van der Waals surface area contributed by atoms with Crippen LogP contribution in [0.3, 0.4) is 0 Å². The van der Waals surface area contributed by atoms with E-state index in [9.17, 15) is 0 Å². The maximum absolute atomic E-state index is 5.25. The Balaban J connectivity index is 1.84. The van der Waals surface area contributed by atoms with E-state index in [1.165, 1.54) is 21.8 Å². The highest BCUT2D eigenvalue weighted by Crippen LogP contribution is 2.34. The lowest BCUT2D eigenvalue weighted by Crippen LogP contribution is -2.08. The van der Waals surface area contributed by atoms with E-state index >= 15 is 0 Å². The van der Waals surface area contributed by atoms with Gasteiger partial charge in [0.05, 0.1) is 7.11 Å². The molecule has 0 aliphatic carbocycles. The van der Waals surface area contributed by atoms with Gasteiger partial charge in [0.25, 0.3) is 0 Å². The number of benzene rings is 2. The summed E-state index contributed by atoms with van der Waals surface area (Å²) in [5.41, 5.74) is 3.57. The van der Waals surface area contributed by atoms with E-state index in [4.69, 9.17) is 4.74 Å². The fraction of sp³-hybridized carbons (Fsp3) is 0.111. The lowest BCUT2D eigenvalue weighted by atomic mass is 10.1. The molecule has 106 valence electrons. The molecular weight excluding hydrogens is 278 g/mol. The average molecular weight is 295 g/mol. The van der Waals surface area contributed by atoms with Gasteiger partial charge in [0.1, 0.15) is 0 Å². The molecular formula is C18H17NOS. The number of thiophene rings is 1. The lowest BCUT2D eigenvalue weighted by molar-refractivity contribution is 0.427. The van der Waals surface area contributed by atoms with Crippen molar-refractivity contribution in [1.29, 1.82) is 0 Å². The molecule has 0 saturated carbocycles. The summed E-state index contributed by atoms with van der Waals surface area (Å²) < 4.78 is 5.25. The second-order valence-electron chi connectivity index (χ2n) is 4.76. The average Bonchev–Trinajstić information content (AvgIpc) is 3.04. The van der Waals surface area contributed by atoms with E-state index in [0.717, 1.165) is 5.06 Å². The molecule has 0 fully saturated rings. The van der Waals surface area contributed by atoms with E-state index in [1.807, 2.05) is 12.1 Å². The summed E-state index contributed by atoms with van der Waals surface area (Å²) in [6.07, 6.45) is 0. The van der Waals surface area contributed by atoms with Crippen molar-refractivity contribution in [1.82, 2.24) is 0 Å². The van der Waals surface area contributed by atoms with Crippen molar-refractivity contribution in [2.75, 3.05) is 19.1 Å². The Bertz CT molecular complexity index is 704. The first-order chi connectivity index (χ1) is 10.3. The van der Waals surface area contributed by atoms with Crippen molar-refractivity contribution in [2.24, 2.45) is 0 Å². The summed E-state index contributed by atoms with van der Waals surface area (Å²) in [5.74, 6) is 0. The van der Waals surface area contributed by atoms with Gasteiger partial charge < -0.3 is 9.64 Å². The highest BCUT2D eigenvalue weighted by Gasteiger charge is 2.06. The lowest BCUT2D eigenvalue weighted by Gasteiger charge is -2.19. The van der Waals surface area contributed by atoms with Gasteiger partial charge in [0.2, 0.25) is 0 Å². The molecule has 21 heavy (non-hydrogen) atoms. The minimum absolute atomic E-state index is 0.940. The Labute approximate surface area is 129 Å². The molecule has 0 radical (unpaired) electrons. The highest BCUT2D eigenvalue weighted by atomic mass is 32.1. The van der Waals surface area contributed by atoms with Gasteiger partial charge in [0.15, 0.2) is 5.06 Å². The third-order valence-electron chi connectivity index (χ3n) is 3.47. The zero-order valence-electron chi connectivity index (χ0n) is 12.1. The van der Waals surface area contributed by atoms with E-state index in [0.29, 0.717) is 0 Å². The molecule has 0 bridgehead atoms. The normalized spacial score (nSPS) is 10.4. The van der Waals surface area contributed by atoms with Gasteiger partial charge >= 0.3 is 0 Å². The fourth-order valence-corrected chi connectivity index (χ4v) is 3.06. The van der Waals surface area contributed by atoms with Gasteiger partial charge in [-0.05, 0) is 42.0 Å². The zero-order valence-corrected chi connectivity index (χ0v) is 12.9. The number of hydrogen-bond donors (Lipinski definition) is 0. The number of methoxy groups -OCH3 is 1. The summed E-state index contributed by atoms with van der Waals surface area (Å²) in [5, 5.41) is 0.940. The molecule has 2 nitrogen and oxygen atoms in total. The molecule has 0 aliphatic heterocycles. The van der Waals surface area contributed by atoms with Crippen LogP contribution in [0.4, 0.5) is 11.4 Å². The van der Waals surface area contributed by atoms with Crippen molar-refractivity contribution in [3.63, 3.8) is 0 Å². The van der Waals surface area contributed by atoms with Crippen molar-refractivity contribution >= 4 is 22.7 Å². The maximum Gasteiger partial charge on any atom is 0.173 e. The summed E-state index contributed by atoms with van der Waals surface area (Å²) in [7, 11) is 3.78. The summed E-state index contributed by atoms with van der Waals surface area (Å²) in [6, 6.07) is 23.1. The van der Waals surface area contributed by atoms with Crippen LogP contribution in [-0.2, 0) is 0 Å². The number of para-hydroxylation sites is 1. The number of hydrogen-bond acceptors (Lipinski definition) is 3. The van der Waals surface area contributed by atoms with Crippen LogP contribution in [0.1, 0.15) is 0 Å². The van der Waals surface area contributed by atoms with Gasteiger partial charge in [0, 0.05) is 23.3 Å². The third kappa shape index (κ3) is 2.93. The predicted octanol–water partition coefficient (Wildman–Crippen LogP) is 5.19. The molecule has 1 heterocycles. The first-order valence-corrected chi connectivity index (χ1v) is 7.62. The minimum Gasteiger partial charge on any atom is -0.487 e. The summed E-state index contributed by atoms with van der Waals surface area (Å²) in [6.45, 7) is 0. The van der Waals surface area contributed by atoms with Crippen LogP contribution in [0.5, 0.6) is 5.06 Å². The van der Waals surface area contributed by atoms with Crippen LogP contribution in [0.2, 0.25) is 0 Å².